The van der Waals surface area contributed by atoms with Crippen molar-refractivity contribution in [3.63, 3.8) is 0 Å². The van der Waals surface area contributed by atoms with Crippen molar-refractivity contribution in [1.29, 1.82) is 0 Å². The molecule has 0 aliphatic rings. The van der Waals surface area contributed by atoms with Gasteiger partial charge in [0.25, 0.3) is 0 Å². The van der Waals surface area contributed by atoms with Crippen LogP contribution in [-0.4, -0.2) is 4.98 Å². The van der Waals surface area contributed by atoms with Gasteiger partial charge in [0.15, 0.2) is 5.76 Å². The van der Waals surface area contributed by atoms with E-state index in [1.54, 1.807) is 0 Å². The first-order valence-corrected chi connectivity index (χ1v) is 7.17. The first kappa shape index (κ1) is 12.2. The van der Waals surface area contributed by atoms with Crippen molar-refractivity contribution >= 4 is 15.9 Å². The van der Waals surface area contributed by atoms with Crippen molar-refractivity contribution < 1.29 is 4.42 Å². The highest BCUT2D eigenvalue weighted by molar-refractivity contribution is 9.08. The number of aromatic nitrogens is 1. The molecule has 0 radical (unpaired) electrons. The molecule has 19 heavy (non-hydrogen) atoms. The normalized spacial score (nSPS) is 10.6. The summed E-state index contributed by atoms with van der Waals surface area (Å²) in [7, 11) is 0. The predicted octanol–water partition coefficient (Wildman–Crippen LogP) is 4.90. The van der Waals surface area contributed by atoms with Gasteiger partial charge in [0, 0.05) is 11.1 Å². The van der Waals surface area contributed by atoms with Gasteiger partial charge in [-0.25, -0.2) is 4.98 Å². The second kappa shape index (κ2) is 5.41. The van der Waals surface area contributed by atoms with Crippen LogP contribution in [0.5, 0.6) is 0 Å². The minimum Gasteiger partial charge on any atom is -0.439 e. The van der Waals surface area contributed by atoms with E-state index in [9.17, 15) is 0 Å². The van der Waals surface area contributed by atoms with E-state index >= 15 is 0 Å². The van der Waals surface area contributed by atoms with Crippen molar-refractivity contribution in [1.82, 2.24) is 4.98 Å². The van der Waals surface area contributed by atoms with Gasteiger partial charge in [-0.2, -0.15) is 0 Å². The lowest BCUT2D eigenvalue weighted by Crippen LogP contribution is -1.82. The Bertz CT molecular complexity index is 605. The van der Waals surface area contributed by atoms with Crippen molar-refractivity contribution in [2.75, 3.05) is 0 Å². The van der Waals surface area contributed by atoms with Gasteiger partial charge in [-0.05, 0) is 0 Å². The number of halogens is 1. The van der Waals surface area contributed by atoms with E-state index in [0.29, 0.717) is 11.2 Å². The largest absolute Gasteiger partial charge is 0.439 e. The van der Waals surface area contributed by atoms with Crippen molar-refractivity contribution in [2.45, 2.75) is 5.33 Å². The van der Waals surface area contributed by atoms with E-state index in [-0.39, 0.29) is 0 Å². The fraction of sp³-hybridized carbons (Fsp3) is 0.0625. The molecule has 2 nitrogen and oxygen atoms in total. The highest BCUT2D eigenvalue weighted by atomic mass is 79.9. The number of alkyl halides is 1. The minimum absolute atomic E-state index is 0.611. The average molecular weight is 314 g/mol. The molecule has 1 aromatic heterocycles. The zero-order valence-corrected chi connectivity index (χ0v) is 11.8. The highest BCUT2D eigenvalue weighted by Gasteiger charge is 2.15. The molecular weight excluding hydrogens is 302 g/mol. The molecule has 0 bridgehead atoms. The zero-order chi connectivity index (χ0) is 13.1. The summed E-state index contributed by atoms with van der Waals surface area (Å²) in [6.45, 7) is 0. The molecule has 3 heteroatoms. The Morgan fingerprint density at radius 2 is 1.42 bits per heavy atom. The van der Waals surface area contributed by atoms with Gasteiger partial charge in [-0.3, -0.25) is 0 Å². The van der Waals surface area contributed by atoms with Crippen LogP contribution in [0.2, 0.25) is 0 Å². The number of rotatable bonds is 3. The Morgan fingerprint density at radius 1 is 0.842 bits per heavy atom. The average Bonchev–Trinajstić information content (AvgIpc) is 2.93. The maximum absolute atomic E-state index is 5.85. The molecule has 0 unspecified atom stereocenters. The standard InChI is InChI=1S/C16H12BrNO/c17-11-14-18-15(12-7-3-1-4-8-12)16(19-14)13-9-5-2-6-10-13/h1-10H,11H2. The molecule has 0 atom stereocenters. The molecule has 2 aromatic carbocycles. The first-order valence-electron chi connectivity index (χ1n) is 6.05. The Morgan fingerprint density at radius 3 is 2.00 bits per heavy atom. The lowest BCUT2D eigenvalue weighted by Gasteiger charge is -2.00. The van der Waals surface area contributed by atoms with E-state index in [4.69, 9.17) is 4.42 Å². The van der Waals surface area contributed by atoms with Crippen LogP contribution in [0.25, 0.3) is 22.6 Å². The van der Waals surface area contributed by atoms with Crippen LogP contribution in [0.3, 0.4) is 0 Å². The number of benzene rings is 2. The molecule has 0 saturated carbocycles. The monoisotopic (exact) mass is 313 g/mol. The Labute approximate surface area is 120 Å². The van der Waals surface area contributed by atoms with Crippen LogP contribution in [-0.2, 0) is 5.33 Å². The quantitative estimate of drug-likeness (QED) is 0.642. The van der Waals surface area contributed by atoms with Crippen LogP contribution in [0.15, 0.2) is 65.1 Å². The van der Waals surface area contributed by atoms with E-state index in [1.165, 1.54) is 0 Å². The molecule has 0 amide bonds. The van der Waals surface area contributed by atoms with Gasteiger partial charge in [0.2, 0.25) is 5.89 Å². The van der Waals surface area contributed by atoms with Gasteiger partial charge in [0.05, 0.1) is 5.33 Å². The van der Waals surface area contributed by atoms with E-state index < -0.39 is 0 Å². The van der Waals surface area contributed by atoms with Crippen LogP contribution in [0.4, 0.5) is 0 Å². The summed E-state index contributed by atoms with van der Waals surface area (Å²) in [6.07, 6.45) is 0. The lowest BCUT2D eigenvalue weighted by molar-refractivity contribution is 0.531. The maximum atomic E-state index is 5.85. The fourth-order valence-corrected chi connectivity index (χ4v) is 2.24. The molecule has 0 fully saturated rings. The maximum Gasteiger partial charge on any atom is 0.206 e. The SMILES string of the molecule is BrCc1nc(-c2ccccc2)c(-c2ccccc2)o1. The molecule has 1 heterocycles. The zero-order valence-electron chi connectivity index (χ0n) is 10.2. The van der Waals surface area contributed by atoms with Crippen LogP contribution >= 0.6 is 15.9 Å². The van der Waals surface area contributed by atoms with E-state index in [1.807, 2.05) is 60.7 Å². The van der Waals surface area contributed by atoms with Crippen molar-refractivity contribution in [2.24, 2.45) is 0 Å². The summed E-state index contributed by atoms with van der Waals surface area (Å²) in [4.78, 5) is 4.56. The van der Waals surface area contributed by atoms with Crippen LogP contribution in [0.1, 0.15) is 5.89 Å². The van der Waals surface area contributed by atoms with Gasteiger partial charge >= 0.3 is 0 Å². The summed E-state index contributed by atoms with van der Waals surface area (Å²) in [5.74, 6) is 1.51. The predicted molar refractivity (Wildman–Crippen MR) is 80.0 cm³/mol. The van der Waals surface area contributed by atoms with E-state index in [0.717, 1.165) is 22.6 Å². The summed E-state index contributed by atoms with van der Waals surface area (Å²) >= 11 is 3.39. The Kier molecular flexibility index (Phi) is 3.47. The Balaban J connectivity index is 2.17. The van der Waals surface area contributed by atoms with Crippen molar-refractivity contribution in [3.05, 3.63) is 66.6 Å². The first-order chi connectivity index (χ1) is 9.38. The van der Waals surface area contributed by atoms with Gasteiger partial charge in [-0.1, -0.05) is 76.6 Å². The molecular formula is C16H12BrNO. The third kappa shape index (κ3) is 2.47. The second-order valence-corrected chi connectivity index (χ2v) is 4.71. The molecule has 0 saturated heterocycles. The summed E-state index contributed by atoms with van der Waals surface area (Å²) in [5, 5.41) is 0.611. The minimum atomic E-state index is 0.611. The smallest absolute Gasteiger partial charge is 0.206 e. The van der Waals surface area contributed by atoms with Crippen LogP contribution < -0.4 is 0 Å². The molecule has 3 rings (SSSR count). The number of hydrogen-bond donors (Lipinski definition) is 0. The molecule has 94 valence electrons. The molecule has 0 aliphatic carbocycles. The van der Waals surface area contributed by atoms with Crippen molar-refractivity contribution in [3.8, 4) is 22.6 Å². The number of nitrogens with zero attached hydrogens (tertiary/aromatic N) is 1. The number of hydrogen-bond acceptors (Lipinski definition) is 2. The van der Waals surface area contributed by atoms with Gasteiger partial charge < -0.3 is 4.42 Å². The topological polar surface area (TPSA) is 26.0 Å². The third-order valence-corrected chi connectivity index (χ3v) is 3.35. The lowest BCUT2D eigenvalue weighted by atomic mass is 10.1. The summed E-state index contributed by atoms with van der Waals surface area (Å²) in [5.41, 5.74) is 3.00. The fourth-order valence-electron chi connectivity index (χ4n) is 2.00. The molecule has 3 aromatic rings. The molecule has 0 spiro atoms. The molecule has 0 N–H and O–H groups in total. The highest BCUT2D eigenvalue weighted by Crippen LogP contribution is 2.32. The molecule has 0 aliphatic heterocycles. The summed E-state index contributed by atoms with van der Waals surface area (Å²) in [6, 6.07) is 20.2. The third-order valence-electron chi connectivity index (χ3n) is 2.87. The van der Waals surface area contributed by atoms with Crippen LogP contribution in [0, 0.1) is 0 Å². The van der Waals surface area contributed by atoms with Gasteiger partial charge in [-0.15, -0.1) is 0 Å². The van der Waals surface area contributed by atoms with E-state index in [2.05, 4.69) is 20.9 Å². The van der Waals surface area contributed by atoms with Gasteiger partial charge in [0.1, 0.15) is 5.69 Å². The summed E-state index contributed by atoms with van der Waals surface area (Å²) < 4.78 is 5.85. The second-order valence-electron chi connectivity index (χ2n) is 4.15. The Hall–Kier alpha value is -1.87. The number of oxazole rings is 1.